The molecule has 1 atom stereocenters. The lowest BCUT2D eigenvalue weighted by Gasteiger charge is -2.34. The van der Waals surface area contributed by atoms with Gasteiger partial charge >= 0.3 is 0 Å². The third-order valence-electron chi connectivity index (χ3n) is 5.34. The summed E-state index contributed by atoms with van der Waals surface area (Å²) in [6, 6.07) is 25.9. The van der Waals surface area contributed by atoms with Crippen molar-refractivity contribution in [2.75, 3.05) is 10.6 Å². The van der Waals surface area contributed by atoms with Gasteiger partial charge in [0.2, 0.25) is 15.9 Å². The smallest absolute Gasteiger partial charge is 0.247 e. The lowest BCUT2D eigenvalue weighted by atomic mass is 10.1. The van der Waals surface area contributed by atoms with E-state index in [1.807, 2.05) is 86.6 Å². The summed E-state index contributed by atoms with van der Waals surface area (Å²) < 4.78 is 26.9. The molecule has 1 unspecified atom stereocenters. The highest BCUT2D eigenvalue weighted by molar-refractivity contribution is 7.92. The van der Waals surface area contributed by atoms with Crippen LogP contribution in [0, 0.1) is 6.92 Å². The van der Waals surface area contributed by atoms with Crippen molar-refractivity contribution >= 4 is 21.6 Å². The van der Waals surface area contributed by atoms with Crippen molar-refractivity contribution in [1.82, 2.24) is 4.90 Å². The van der Waals surface area contributed by atoms with Crippen molar-refractivity contribution in [3.8, 4) is 0 Å². The summed E-state index contributed by atoms with van der Waals surface area (Å²) in [6.45, 7) is 4.59. The Labute approximate surface area is 191 Å². The number of aryl methyl sites for hydroxylation is 1. The van der Waals surface area contributed by atoms with Crippen LogP contribution in [0.25, 0.3) is 0 Å². The molecular weight excluding hydrogens is 420 g/mol. The van der Waals surface area contributed by atoms with Crippen molar-refractivity contribution in [3.05, 3.63) is 102 Å². The molecule has 3 aromatic carbocycles. The number of anilines is 1. The molecule has 0 spiro atoms. The molecule has 3 rings (SSSR count). The van der Waals surface area contributed by atoms with Crippen LogP contribution in [0.2, 0.25) is 0 Å². The Morgan fingerprint density at radius 3 is 1.69 bits per heavy atom. The minimum absolute atomic E-state index is 0.216. The van der Waals surface area contributed by atoms with E-state index in [0.717, 1.165) is 22.9 Å². The number of rotatable bonds is 9. The van der Waals surface area contributed by atoms with Gasteiger partial charge < -0.3 is 4.90 Å². The number of sulfonamides is 1. The van der Waals surface area contributed by atoms with Gasteiger partial charge in [-0.3, -0.25) is 9.10 Å². The molecule has 3 aromatic rings. The quantitative estimate of drug-likeness (QED) is 0.472. The highest BCUT2D eigenvalue weighted by atomic mass is 32.2. The van der Waals surface area contributed by atoms with E-state index in [0.29, 0.717) is 25.2 Å². The van der Waals surface area contributed by atoms with E-state index in [1.54, 1.807) is 17.0 Å². The van der Waals surface area contributed by atoms with Gasteiger partial charge in [-0.2, -0.15) is 0 Å². The number of benzene rings is 3. The zero-order chi connectivity index (χ0) is 23.1. The predicted molar refractivity (Wildman–Crippen MR) is 130 cm³/mol. The monoisotopic (exact) mass is 450 g/mol. The zero-order valence-electron chi connectivity index (χ0n) is 18.8. The normalized spacial score (nSPS) is 12.2. The molecule has 0 radical (unpaired) electrons. The first-order valence-electron chi connectivity index (χ1n) is 10.7. The van der Waals surface area contributed by atoms with Gasteiger partial charge in [0.1, 0.15) is 6.04 Å². The Morgan fingerprint density at radius 2 is 1.28 bits per heavy atom. The van der Waals surface area contributed by atoms with Gasteiger partial charge in [0.15, 0.2) is 0 Å². The molecule has 168 valence electrons. The Morgan fingerprint density at radius 1 is 0.812 bits per heavy atom. The van der Waals surface area contributed by atoms with E-state index in [2.05, 4.69) is 0 Å². The topological polar surface area (TPSA) is 57.7 Å². The molecule has 32 heavy (non-hydrogen) atoms. The van der Waals surface area contributed by atoms with Crippen LogP contribution in [0.4, 0.5) is 5.69 Å². The van der Waals surface area contributed by atoms with Crippen molar-refractivity contribution in [3.63, 3.8) is 0 Å². The van der Waals surface area contributed by atoms with Gasteiger partial charge in [-0.15, -0.1) is 0 Å². The molecular formula is C26H30N2O3S. The van der Waals surface area contributed by atoms with Crippen LogP contribution in [0.5, 0.6) is 0 Å². The van der Waals surface area contributed by atoms with Crippen molar-refractivity contribution in [2.45, 2.75) is 39.4 Å². The molecule has 5 nitrogen and oxygen atoms in total. The van der Waals surface area contributed by atoms with Gasteiger partial charge in [-0.25, -0.2) is 8.42 Å². The van der Waals surface area contributed by atoms with Crippen molar-refractivity contribution in [1.29, 1.82) is 0 Å². The summed E-state index contributed by atoms with van der Waals surface area (Å²) >= 11 is 0. The summed E-state index contributed by atoms with van der Waals surface area (Å²) in [5.74, 6) is -0.216. The Kier molecular flexibility index (Phi) is 7.70. The van der Waals surface area contributed by atoms with Crippen LogP contribution >= 0.6 is 0 Å². The van der Waals surface area contributed by atoms with Crippen molar-refractivity contribution in [2.24, 2.45) is 0 Å². The summed E-state index contributed by atoms with van der Waals surface area (Å²) in [5.41, 5.74) is 3.51. The molecule has 0 aliphatic rings. The first-order chi connectivity index (χ1) is 15.3. The largest absolute Gasteiger partial charge is 0.332 e. The fourth-order valence-corrected chi connectivity index (χ4v) is 4.97. The average Bonchev–Trinajstić information content (AvgIpc) is 2.78. The van der Waals surface area contributed by atoms with Gasteiger partial charge in [-0.05, 0) is 36.6 Å². The predicted octanol–water partition coefficient (Wildman–Crippen LogP) is 4.77. The van der Waals surface area contributed by atoms with Crippen LogP contribution in [0.3, 0.4) is 0 Å². The lowest BCUT2D eigenvalue weighted by Crippen LogP contribution is -2.50. The maximum Gasteiger partial charge on any atom is 0.247 e. The minimum Gasteiger partial charge on any atom is -0.332 e. The maximum absolute atomic E-state index is 13.8. The van der Waals surface area contributed by atoms with Crippen molar-refractivity contribution < 1.29 is 13.2 Å². The number of carbonyl (C=O) groups excluding carboxylic acids is 1. The minimum atomic E-state index is -3.68. The molecule has 0 aliphatic heterocycles. The highest BCUT2D eigenvalue weighted by Crippen LogP contribution is 2.25. The third kappa shape index (κ3) is 5.98. The van der Waals surface area contributed by atoms with Crippen LogP contribution < -0.4 is 4.31 Å². The summed E-state index contributed by atoms with van der Waals surface area (Å²) in [7, 11) is -3.68. The van der Waals surface area contributed by atoms with Crippen LogP contribution in [-0.4, -0.2) is 31.5 Å². The fourth-order valence-electron chi connectivity index (χ4n) is 3.77. The van der Waals surface area contributed by atoms with E-state index in [-0.39, 0.29) is 5.91 Å². The number of carbonyl (C=O) groups is 1. The average molecular weight is 451 g/mol. The molecule has 6 heteroatoms. The third-order valence-corrected chi connectivity index (χ3v) is 6.52. The lowest BCUT2D eigenvalue weighted by molar-refractivity contribution is -0.133. The summed E-state index contributed by atoms with van der Waals surface area (Å²) in [6.07, 6.45) is 1.52. The fraction of sp³-hybridized carbons (Fsp3) is 0.269. The molecule has 0 aliphatic carbocycles. The van der Waals surface area contributed by atoms with Crippen LogP contribution in [-0.2, 0) is 27.9 Å². The second-order valence-electron chi connectivity index (χ2n) is 7.98. The SMILES string of the molecule is CCC(C(=O)N(Cc1ccccc1)Cc1ccccc1)N(c1ccc(C)cc1)S(C)(=O)=O. The molecule has 1 amide bonds. The van der Waals surface area contributed by atoms with E-state index in [9.17, 15) is 13.2 Å². The number of hydrogen-bond donors (Lipinski definition) is 0. The van der Waals surface area contributed by atoms with Gasteiger partial charge in [0.05, 0.1) is 11.9 Å². The van der Waals surface area contributed by atoms with Gasteiger partial charge in [-0.1, -0.05) is 85.3 Å². The number of hydrogen-bond acceptors (Lipinski definition) is 3. The molecule has 0 fully saturated rings. The number of amides is 1. The highest BCUT2D eigenvalue weighted by Gasteiger charge is 2.34. The van der Waals surface area contributed by atoms with Crippen LogP contribution in [0.15, 0.2) is 84.9 Å². The number of nitrogens with zero attached hydrogens (tertiary/aromatic N) is 2. The van der Waals surface area contributed by atoms with E-state index >= 15 is 0 Å². The molecule has 0 bridgehead atoms. The van der Waals surface area contributed by atoms with E-state index in [1.165, 1.54) is 4.31 Å². The second-order valence-corrected chi connectivity index (χ2v) is 9.84. The summed E-state index contributed by atoms with van der Waals surface area (Å²) in [4.78, 5) is 15.6. The second kappa shape index (κ2) is 10.5. The molecule has 0 heterocycles. The molecule has 0 saturated carbocycles. The molecule has 0 N–H and O–H groups in total. The standard InChI is InChI=1S/C26H30N2O3S/c1-4-25(28(32(3,30)31)24-17-15-21(2)16-18-24)26(29)27(19-22-11-7-5-8-12-22)20-23-13-9-6-10-14-23/h5-18,25H,4,19-20H2,1-3H3. The van der Waals surface area contributed by atoms with Crippen LogP contribution in [0.1, 0.15) is 30.0 Å². The molecule has 0 aromatic heterocycles. The molecule has 0 saturated heterocycles. The van der Waals surface area contributed by atoms with E-state index in [4.69, 9.17) is 0 Å². The van der Waals surface area contributed by atoms with E-state index < -0.39 is 16.1 Å². The maximum atomic E-state index is 13.8. The first-order valence-corrected chi connectivity index (χ1v) is 12.6. The Balaban J connectivity index is 1.99. The van der Waals surface area contributed by atoms with Gasteiger partial charge in [0, 0.05) is 13.1 Å². The van der Waals surface area contributed by atoms with Gasteiger partial charge in [0.25, 0.3) is 0 Å². The first kappa shape index (κ1) is 23.5. The Hall–Kier alpha value is -3.12. The zero-order valence-corrected chi connectivity index (χ0v) is 19.6. The Bertz CT molecular complexity index is 1070. The summed E-state index contributed by atoms with van der Waals surface area (Å²) in [5, 5.41) is 0.